The molecular formula is C23H34N4O2S. The van der Waals surface area contributed by atoms with Crippen LogP contribution in [0.15, 0.2) is 29.2 Å². The summed E-state index contributed by atoms with van der Waals surface area (Å²) in [5.74, 6) is 0.460. The van der Waals surface area contributed by atoms with E-state index in [1.807, 2.05) is 27.6 Å². The Morgan fingerprint density at radius 1 is 0.867 bits per heavy atom. The average Bonchev–Trinajstić information content (AvgIpc) is 2.94. The van der Waals surface area contributed by atoms with E-state index in [1.54, 1.807) is 0 Å². The van der Waals surface area contributed by atoms with Crippen LogP contribution in [-0.4, -0.2) is 90.7 Å². The highest BCUT2D eigenvalue weighted by molar-refractivity contribution is 8.00. The number of hydrogen-bond donors (Lipinski definition) is 0. The van der Waals surface area contributed by atoms with Gasteiger partial charge in [-0.25, -0.2) is 0 Å². The van der Waals surface area contributed by atoms with E-state index < -0.39 is 0 Å². The standard InChI is InChI=1S/C23H34N4O2S/c1-19-9-12-27(20-7-3-4-8-21(20)30-19)23(29)18-25-15-13-24(14-16-25)17-22(28)26-10-5-2-6-11-26/h3-4,7-8,19H,2,5-6,9-18H2,1H3/t19-/m1/s1. The molecule has 0 bridgehead atoms. The maximum Gasteiger partial charge on any atom is 0.241 e. The lowest BCUT2D eigenvalue weighted by Gasteiger charge is -2.36. The molecule has 0 spiro atoms. The summed E-state index contributed by atoms with van der Waals surface area (Å²) in [5, 5.41) is 0.518. The number of thioether (sulfide) groups is 1. The third-order valence-corrected chi connectivity index (χ3v) is 7.67. The minimum atomic E-state index is 0.190. The van der Waals surface area contributed by atoms with Crippen LogP contribution in [0.1, 0.15) is 32.6 Å². The first-order valence-corrected chi connectivity index (χ1v) is 12.3. The summed E-state index contributed by atoms with van der Waals surface area (Å²) >= 11 is 1.87. The third kappa shape index (κ3) is 5.37. The van der Waals surface area contributed by atoms with Crippen LogP contribution in [0.25, 0.3) is 0 Å². The molecule has 2 fully saturated rings. The summed E-state index contributed by atoms with van der Waals surface area (Å²) < 4.78 is 0. The van der Waals surface area contributed by atoms with Crippen LogP contribution in [0.5, 0.6) is 0 Å². The van der Waals surface area contributed by atoms with E-state index in [9.17, 15) is 9.59 Å². The largest absolute Gasteiger partial charge is 0.342 e. The molecule has 1 atom stereocenters. The summed E-state index contributed by atoms with van der Waals surface area (Å²) in [5.41, 5.74) is 1.06. The molecule has 2 saturated heterocycles. The van der Waals surface area contributed by atoms with Crippen molar-refractivity contribution in [3.05, 3.63) is 24.3 Å². The Bertz CT molecular complexity index is 744. The topological polar surface area (TPSA) is 47.1 Å². The van der Waals surface area contributed by atoms with Gasteiger partial charge in [-0.3, -0.25) is 19.4 Å². The van der Waals surface area contributed by atoms with E-state index >= 15 is 0 Å². The van der Waals surface area contributed by atoms with Crippen molar-refractivity contribution in [3.63, 3.8) is 0 Å². The molecule has 0 aromatic heterocycles. The number of likely N-dealkylation sites (tertiary alicyclic amines) is 1. The number of piperazine rings is 1. The molecule has 4 rings (SSSR count). The number of rotatable bonds is 4. The summed E-state index contributed by atoms with van der Waals surface area (Å²) in [6, 6.07) is 8.27. The number of hydrogen-bond acceptors (Lipinski definition) is 5. The van der Waals surface area contributed by atoms with Crippen LogP contribution in [0.4, 0.5) is 5.69 Å². The molecule has 0 unspecified atom stereocenters. The Morgan fingerprint density at radius 2 is 1.50 bits per heavy atom. The van der Waals surface area contributed by atoms with Gasteiger partial charge in [0.05, 0.1) is 18.8 Å². The van der Waals surface area contributed by atoms with Gasteiger partial charge in [0.15, 0.2) is 0 Å². The number of para-hydroxylation sites is 1. The van der Waals surface area contributed by atoms with Crippen molar-refractivity contribution in [1.82, 2.24) is 14.7 Å². The van der Waals surface area contributed by atoms with Gasteiger partial charge in [-0.05, 0) is 37.8 Å². The van der Waals surface area contributed by atoms with Gasteiger partial charge >= 0.3 is 0 Å². The molecule has 2 amide bonds. The number of nitrogens with zero attached hydrogens (tertiary/aromatic N) is 4. The number of anilines is 1. The van der Waals surface area contributed by atoms with Gasteiger partial charge in [0.1, 0.15) is 0 Å². The minimum absolute atomic E-state index is 0.190. The third-order valence-electron chi connectivity index (χ3n) is 6.44. The second-order valence-electron chi connectivity index (χ2n) is 8.72. The van der Waals surface area contributed by atoms with Crippen molar-refractivity contribution in [1.29, 1.82) is 0 Å². The van der Waals surface area contributed by atoms with Crippen LogP contribution in [0.3, 0.4) is 0 Å². The Hall–Kier alpha value is -1.57. The highest BCUT2D eigenvalue weighted by atomic mass is 32.2. The van der Waals surface area contributed by atoms with Crippen LogP contribution in [0.2, 0.25) is 0 Å². The molecule has 0 saturated carbocycles. The zero-order chi connectivity index (χ0) is 20.9. The fourth-order valence-corrected chi connectivity index (χ4v) is 5.68. The fourth-order valence-electron chi connectivity index (χ4n) is 4.56. The van der Waals surface area contributed by atoms with E-state index in [0.717, 1.165) is 70.8 Å². The van der Waals surface area contributed by atoms with Gasteiger partial charge in [-0.15, -0.1) is 11.8 Å². The molecular weight excluding hydrogens is 396 g/mol. The number of piperidine rings is 1. The smallest absolute Gasteiger partial charge is 0.241 e. The van der Waals surface area contributed by atoms with Gasteiger partial charge < -0.3 is 9.80 Å². The zero-order valence-electron chi connectivity index (χ0n) is 18.1. The molecule has 3 aliphatic heterocycles. The first kappa shape index (κ1) is 21.7. The zero-order valence-corrected chi connectivity index (χ0v) is 18.9. The molecule has 3 aliphatic rings. The summed E-state index contributed by atoms with van der Waals surface area (Å²) in [4.78, 5) is 35.4. The minimum Gasteiger partial charge on any atom is -0.342 e. The van der Waals surface area contributed by atoms with Crippen molar-refractivity contribution in [3.8, 4) is 0 Å². The highest BCUT2D eigenvalue weighted by Crippen LogP contribution is 2.37. The summed E-state index contributed by atoms with van der Waals surface area (Å²) in [6.07, 6.45) is 4.53. The fraction of sp³-hybridized carbons (Fsp3) is 0.652. The van der Waals surface area contributed by atoms with E-state index in [-0.39, 0.29) is 11.8 Å². The van der Waals surface area contributed by atoms with Gasteiger partial charge in [0.2, 0.25) is 11.8 Å². The Labute approximate surface area is 184 Å². The molecule has 164 valence electrons. The van der Waals surface area contributed by atoms with Crippen molar-refractivity contribution in [2.45, 2.75) is 42.8 Å². The van der Waals surface area contributed by atoms with Gasteiger partial charge in [0, 0.05) is 56.0 Å². The SMILES string of the molecule is C[C@@H]1CCN(C(=O)CN2CCN(CC(=O)N3CCCCC3)CC2)c2ccccc2S1. The number of carbonyl (C=O) groups is 2. The number of fused-ring (bicyclic) bond motifs is 1. The summed E-state index contributed by atoms with van der Waals surface area (Å²) in [7, 11) is 0. The molecule has 1 aromatic rings. The number of benzene rings is 1. The Morgan fingerprint density at radius 3 is 2.20 bits per heavy atom. The van der Waals surface area contributed by atoms with Crippen molar-refractivity contribution in [2.75, 3.05) is 63.8 Å². The predicted octanol–water partition coefficient (Wildman–Crippen LogP) is 2.53. The maximum absolute atomic E-state index is 13.2. The summed E-state index contributed by atoms with van der Waals surface area (Å²) in [6.45, 7) is 9.25. The van der Waals surface area contributed by atoms with Crippen LogP contribution in [-0.2, 0) is 9.59 Å². The lowest BCUT2D eigenvalue weighted by molar-refractivity contribution is -0.134. The normalized spacial score (nSPS) is 23.7. The lowest BCUT2D eigenvalue weighted by atomic mass is 10.1. The van der Waals surface area contributed by atoms with Crippen molar-refractivity contribution in [2.24, 2.45) is 0 Å². The molecule has 7 heteroatoms. The number of carbonyl (C=O) groups excluding carboxylic acids is 2. The molecule has 1 aromatic carbocycles. The van der Waals surface area contributed by atoms with Crippen LogP contribution >= 0.6 is 11.8 Å². The van der Waals surface area contributed by atoms with Crippen molar-refractivity contribution >= 4 is 29.3 Å². The molecule has 6 nitrogen and oxygen atoms in total. The average molecular weight is 431 g/mol. The van der Waals surface area contributed by atoms with Crippen molar-refractivity contribution < 1.29 is 9.59 Å². The monoisotopic (exact) mass is 430 g/mol. The van der Waals surface area contributed by atoms with E-state index in [4.69, 9.17) is 0 Å². The lowest BCUT2D eigenvalue weighted by Crippen LogP contribution is -2.52. The Kier molecular flexibility index (Phi) is 7.33. The highest BCUT2D eigenvalue weighted by Gasteiger charge is 2.27. The maximum atomic E-state index is 13.2. The van der Waals surface area contributed by atoms with Crippen LogP contribution < -0.4 is 4.90 Å². The molecule has 3 heterocycles. The quantitative estimate of drug-likeness (QED) is 0.735. The molecule has 0 radical (unpaired) electrons. The Balaban J connectivity index is 1.28. The van der Waals surface area contributed by atoms with E-state index in [0.29, 0.717) is 18.3 Å². The van der Waals surface area contributed by atoms with E-state index in [2.05, 4.69) is 34.9 Å². The van der Waals surface area contributed by atoms with Crippen LogP contribution in [0, 0.1) is 0 Å². The molecule has 0 N–H and O–H groups in total. The number of amides is 2. The van der Waals surface area contributed by atoms with Gasteiger partial charge in [-0.1, -0.05) is 19.1 Å². The van der Waals surface area contributed by atoms with Gasteiger partial charge in [-0.2, -0.15) is 0 Å². The van der Waals surface area contributed by atoms with E-state index in [1.165, 1.54) is 11.3 Å². The first-order chi connectivity index (χ1) is 14.6. The van der Waals surface area contributed by atoms with Gasteiger partial charge in [0.25, 0.3) is 0 Å². The molecule has 30 heavy (non-hydrogen) atoms. The first-order valence-electron chi connectivity index (χ1n) is 11.4. The second kappa shape index (κ2) is 10.2. The predicted molar refractivity (Wildman–Crippen MR) is 122 cm³/mol. The molecule has 0 aliphatic carbocycles. The second-order valence-corrected chi connectivity index (χ2v) is 10.2.